The Morgan fingerprint density at radius 1 is 1.39 bits per heavy atom. The van der Waals surface area contributed by atoms with Crippen LogP contribution in [-0.4, -0.2) is 30.1 Å². The van der Waals surface area contributed by atoms with Gasteiger partial charge in [0.2, 0.25) is 6.79 Å². The molecule has 2 aromatic rings. The van der Waals surface area contributed by atoms with Crippen molar-refractivity contribution in [3.63, 3.8) is 0 Å². The summed E-state index contributed by atoms with van der Waals surface area (Å²) < 4.78 is 17.9. The molecule has 1 aliphatic heterocycles. The third-order valence-corrected chi connectivity index (χ3v) is 3.02. The number of benzene rings is 1. The molecule has 0 spiro atoms. The lowest BCUT2D eigenvalue weighted by Crippen LogP contribution is -2.11. The van der Waals surface area contributed by atoms with E-state index in [9.17, 15) is 0 Å². The Labute approximate surface area is 104 Å². The van der Waals surface area contributed by atoms with Crippen molar-refractivity contribution < 1.29 is 14.2 Å². The fraction of sp³-hybridized carbons (Fsp3) is 0.417. The SMILES string of the molecule is COCCn1c(CN)nc2cc3c(cc21)OCO3. The van der Waals surface area contributed by atoms with E-state index in [0.717, 1.165) is 34.9 Å². The molecule has 96 valence electrons. The number of fused-ring (bicyclic) bond motifs is 2. The third kappa shape index (κ3) is 1.70. The van der Waals surface area contributed by atoms with E-state index in [2.05, 4.69) is 9.55 Å². The highest BCUT2D eigenvalue weighted by Gasteiger charge is 2.18. The van der Waals surface area contributed by atoms with Crippen LogP contribution in [0.15, 0.2) is 12.1 Å². The Kier molecular flexibility index (Phi) is 2.81. The number of hydrogen-bond donors (Lipinski definition) is 1. The lowest BCUT2D eigenvalue weighted by Gasteiger charge is -2.07. The number of methoxy groups -OCH3 is 1. The maximum Gasteiger partial charge on any atom is 0.231 e. The molecular formula is C12H15N3O3. The second-order valence-electron chi connectivity index (χ2n) is 4.07. The predicted octanol–water partition coefficient (Wildman–Crippen LogP) is 0.870. The molecular weight excluding hydrogens is 234 g/mol. The van der Waals surface area contributed by atoms with Gasteiger partial charge in [-0.1, -0.05) is 0 Å². The Hall–Kier alpha value is -1.79. The van der Waals surface area contributed by atoms with Gasteiger partial charge in [0.15, 0.2) is 11.5 Å². The van der Waals surface area contributed by atoms with Gasteiger partial charge in [-0.3, -0.25) is 0 Å². The zero-order valence-electron chi connectivity index (χ0n) is 10.2. The number of ether oxygens (including phenoxy) is 3. The zero-order valence-corrected chi connectivity index (χ0v) is 10.2. The van der Waals surface area contributed by atoms with E-state index in [0.29, 0.717) is 13.2 Å². The summed E-state index contributed by atoms with van der Waals surface area (Å²) in [5, 5.41) is 0. The summed E-state index contributed by atoms with van der Waals surface area (Å²) in [6, 6.07) is 3.83. The van der Waals surface area contributed by atoms with E-state index in [-0.39, 0.29) is 6.79 Å². The second kappa shape index (κ2) is 4.47. The Balaban J connectivity index is 2.12. The molecule has 2 N–H and O–H groups in total. The highest BCUT2D eigenvalue weighted by atomic mass is 16.7. The van der Waals surface area contributed by atoms with E-state index in [1.807, 2.05) is 12.1 Å². The third-order valence-electron chi connectivity index (χ3n) is 3.02. The summed E-state index contributed by atoms with van der Waals surface area (Å²) in [6.07, 6.45) is 0. The number of rotatable bonds is 4. The average Bonchev–Trinajstić information content (AvgIpc) is 2.96. The maximum atomic E-state index is 5.72. The van der Waals surface area contributed by atoms with Gasteiger partial charge in [0.05, 0.1) is 24.2 Å². The van der Waals surface area contributed by atoms with Crippen LogP contribution in [0.3, 0.4) is 0 Å². The molecule has 1 aromatic heterocycles. The molecule has 0 fully saturated rings. The Morgan fingerprint density at radius 3 is 2.89 bits per heavy atom. The van der Waals surface area contributed by atoms with Gasteiger partial charge in [-0.2, -0.15) is 0 Å². The van der Waals surface area contributed by atoms with Crippen LogP contribution in [0.5, 0.6) is 11.5 Å². The van der Waals surface area contributed by atoms with Crippen LogP contribution < -0.4 is 15.2 Å². The molecule has 0 saturated carbocycles. The van der Waals surface area contributed by atoms with Crippen molar-refractivity contribution in [3.8, 4) is 11.5 Å². The van der Waals surface area contributed by atoms with Gasteiger partial charge in [-0.15, -0.1) is 0 Å². The van der Waals surface area contributed by atoms with E-state index >= 15 is 0 Å². The molecule has 0 radical (unpaired) electrons. The molecule has 3 rings (SSSR count). The summed E-state index contributed by atoms with van der Waals surface area (Å²) in [5.41, 5.74) is 7.59. The first-order valence-corrected chi connectivity index (χ1v) is 5.81. The minimum absolute atomic E-state index is 0.268. The zero-order chi connectivity index (χ0) is 12.5. The first kappa shape index (κ1) is 11.3. The number of nitrogens with two attached hydrogens (primary N) is 1. The molecule has 0 atom stereocenters. The Morgan fingerprint density at radius 2 is 2.17 bits per heavy atom. The molecule has 0 bridgehead atoms. The fourth-order valence-electron chi connectivity index (χ4n) is 2.15. The first-order chi connectivity index (χ1) is 8.83. The molecule has 1 aromatic carbocycles. The van der Waals surface area contributed by atoms with Gasteiger partial charge in [-0.25, -0.2) is 4.98 Å². The van der Waals surface area contributed by atoms with Gasteiger partial charge < -0.3 is 24.5 Å². The number of nitrogens with zero attached hydrogens (tertiary/aromatic N) is 2. The summed E-state index contributed by atoms with van der Waals surface area (Å²) in [5.74, 6) is 2.33. The van der Waals surface area contributed by atoms with Crippen molar-refractivity contribution in [2.75, 3.05) is 20.5 Å². The Bertz CT molecular complexity index is 579. The fourth-order valence-corrected chi connectivity index (χ4v) is 2.15. The smallest absolute Gasteiger partial charge is 0.231 e. The first-order valence-electron chi connectivity index (χ1n) is 5.81. The molecule has 0 amide bonds. The molecule has 0 unspecified atom stereocenters. The quantitative estimate of drug-likeness (QED) is 0.870. The van der Waals surface area contributed by atoms with Crippen molar-refractivity contribution in [3.05, 3.63) is 18.0 Å². The molecule has 1 aliphatic rings. The van der Waals surface area contributed by atoms with Gasteiger partial charge in [-0.05, 0) is 0 Å². The molecule has 6 heteroatoms. The van der Waals surface area contributed by atoms with Crippen molar-refractivity contribution in [1.82, 2.24) is 9.55 Å². The maximum absolute atomic E-state index is 5.72. The van der Waals surface area contributed by atoms with Gasteiger partial charge in [0.1, 0.15) is 5.82 Å². The van der Waals surface area contributed by atoms with Gasteiger partial charge in [0, 0.05) is 25.8 Å². The number of imidazole rings is 1. The highest BCUT2D eigenvalue weighted by molar-refractivity contribution is 5.81. The monoisotopic (exact) mass is 249 g/mol. The summed E-state index contributed by atoms with van der Waals surface area (Å²) in [6.45, 7) is 2.00. The molecule has 18 heavy (non-hydrogen) atoms. The van der Waals surface area contributed by atoms with Crippen LogP contribution in [0.25, 0.3) is 11.0 Å². The van der Waals surface area contributed by atoms with E-state index < -0.39 is 0 Å². The lowest BCUT2D eigenvalue weighted by molar-refractivity contribution is 0.174. The summed E-state index contributed by atoms with van der Waals surface area (Å²) >= 11 is 0. The van der Waals surface area contributed by atoms with Crippen molar-refractivity contribution >= 4 is 11.0 Å². The largest absolute Gasteiger partial charge is 0.454 e. The van der Waals surface area contributed by atoms with Crippen LogP contribution >= 0.6 is 0 Å². The minimum atomic E-state index is 0.268. The van der Waals surface area contributed by atoms with E-state index in [4.69, 9.17) is 19.9 Å². The van der Waals surface area contributed by atoms with Crippen molar-refractivity contribution in [2.24, 2.45) is 5.73 Å². The normalized spacial score (nSPS) is 13.4. The van der Waals surface area contributed by atoms with Crippen LogP contribution in [-0.2, 0) is 17.8 Å². The highest BCUT2D eigenvalue weighted by Crippen LogP contribution is 2.36. The molecule has 2 heterocycles. The number of aromatic nitrogens is 2. The lowest BCUT2D eigenvalue weighted by atomic mass is 10.2. The number of hydrogen-bond acceptors (Lipinski definition) is 5. The summed E-state index contributed by atoms with van der Waals surface area (Å²) in [4.78, 5) is 4.51. The topological polar surface area (TPSA) is 71.5 Å². The van der Waals surface area contributed by atoms with Crippen LogP contribution in [0.1, 0.15) is 5.82 Å². The van der Waals surface area contributed by atoms with Gasteiger partial charge in [0.25, 0.3) is 0 Å². The van der Waals surface area contributed by atoms with Gasteiger partial charge >= 0.3 is 0 Å². The van der Waals surface area contributed by atoms with Crippen molar-refractivity contribution in [1.29, 1.82) is 0 Å². The second-order valence-corrected chi connectivity index (χ2v) is 4.07. The minimum Gasteiger partial charge on any atom is -0.454 e. The van der Waals surface area contributed by atoms with Crippen LogP contribution in [0.2, 0.25) is 0 Å². The van der Waals surface area contributed by atoms with E-state index in [1.165, 1.54) is 0 Å². The predicted molar refractivity (Wildman–Crippen MR) is 65.6 cm³/mol. The average molecular weight is 249 g/mol. The molecule has 0 aliphatic carbocycles. The molecule has 0 saturated heterocycles. The summed E-state index contributed by atoms with van der Waals surface area (Å²) in [7, 11) is 1.68. The van der Waals surface area contributed by atoms with Crippen LogP contribution in [0.4, 0.5) is 0 Å². The standard InChI is InChI=1S/C12H15N3O3/c1-16-3-2-15-9-5-11-10(17-7-18-11)4-8(9)14-12(15)6-13/h4-5H,2-3,6-7,13H2,1H3. The van der Waals surface area contributed by atoms with Crippen molar-refractivity contribution in [2.45, 2.75) is 13.1 Å². The molecule has 6 nitrogen and oxygen atoms in total. The van der Waals surface area contributed by atoms with E-state index in [1.54, 1.807) is 7.11 Å². The van der Waals surface area contributed by atoms with Crippen LogP contribution in [0, 0.1) is 0 Å².